The van der Waals surface area contributed by atoms with Crippen LogP contribution in [0, 0.1) is 23.2 Å². The van der Waals surface area contributed by atoms with Crippen LogP contribution in [0.4, 0.5) is 5.82 Å². The first-order chi connectivity index (χ1) is 18.5. The third-order valence-corrected chi connectivity index (χ3v) is 7.40. The number of quaternary nitrogens is 1. The van der Waals surface area contributed by atoms with Crippen molar-refractivity contribution >= 4 is 29.7 Å². The number of hydrogen-bond donors (Lipinski definition) is 2. The second-order valence-corrected chi connectivity index (χ2v) is 10.0. The number of carbonyl (C=O) groups is 2. The topological polar surface area (TPSA) is 137 Å². The number of piperidine rings is 1. The van der Waals surface area contributed by atoms with E-state index in [4.69, 9.17) is 16.1 Å². The molecule has 3 aliphatic heterocycles. The highest BCUT2D eigenvalue weighted by Gasteiger charge is 2.47. The Hall–Kier alpha value is -4.46. The van der Waals surface area contributed by atoms with Gasteiger partial charge in [0.15, 0.2) is 0 Å². The molecule has 1 aromatic carbocycles. The number of nitrogens with one attached hydrogen (secondary N) is 1. The summed E-state index contributed by atoms with van der Waals surface area (Å²) in [5, 5.41) is 11.8. The molecule has 0 radical (unpaired) electrons. The average Bonchev–Trinajstić information content (AvgIpc) is 3.75. The van der Waals surface area contributed by atoms with Crippen molar-refractivity contribution in [3.8, 4) is 6.07 Å². The molecule has 1 saturated heterocycles. The lowest BCUT2D eigenvalue weighted by atomic mass is 9.93. The molecule has 2 amide bonds. The van der Waals surface area contributed by atoms with Crippen molar-refractivity contribution in [2.75, 3.05) is 18.4 Å². The van der Waals surface area contributed by atoms with Crippen LogP contribution in [0.2, 0.25) is 0 Å². The summed E-state index contributed by atoms with van der Waals surface area (Å²) in [7, 11) is 0. The highest BCUT2D eigenvalue weighted by atomic mass is 16.2. The van der Waals surface area contributed by atoms with E-state index in [9.17, 15) is 9.59 Å². The van der Waals surface area contributed by atoms with Gasteiger partial charge in [-0.2, -0.15) is 16.1 Å². The minimum atomic E-state index is -0.337. The number of nitrogens with two attached hydrogens (primary N) is 1. The van der Waals surface area contributed by atoms with Crippen molar-refractivity contribution in [2.24, 2.45) is 27.7 Å². The van der Waals surface area contributed by atoms with Gasteiger partial charge >= 0.3 is 0 Å². The normalized spacial score (nSPS) is 24.1. The summed E-state index contributed by atoms with van der Waals surface area (Å²) < 4.78 is -0.109. The van der Waals surface area contributed by atoms with E-state index in [0.29, 0.717) is 29.3 Å². The molecule has 190 valence electrons. The number of rotatable bonds is 5. The molecule has 1 aliphatic carbocycles. The molecule has 10 nitrogen and oxygen atoms in total. The number of aliphatic imine (C=N–C) groups is 2. The third-order valence-electron chi connectivity index (χ3n) is 7.40. The van der Waals surface area contributed by atoms with Gasteiger partial charge in [-0.25, -0.2) is 4.98 Å². The van der Waals surface area contributed by atoms with Gasteiger partial charge in [-0.3, -0.25) is 14.6 Å². The van der Waals surface area contributed by atoms with E-state index in [1.165, 1.54) is 12.3 Å². The monoisotopic (exact) mass is 507 g/mol. The maximum absolute atomic E-state index is 12.8. The van der Waals surface area contributed by atoms with E-state index >= 15 is 0 Å². The van der Waals surface area contributed by atoms with Crippen LogP contribution in [-0.4, -0.2) is 51.4 Å². The van der Waals surface area contributed by atoms with Crippen molar-refractivity contribution in [1.82, 2.24) is 9.88 Å². The molecule has 3 N–H and O–H groups in total. The number of benzene rings is 1. The fourth-order valence-electron chi connectivity index (χ4n) is 5.22. The Morgan fingerprint density at radius 2 is 1.97 bits per heavy atom. The first kappa shape index (κ1) is 23.9. The van der Waals surface area contributed by atoms with Gasteiger partial charge in [0, 0.05) is 36.7 Å². The van der Waals surface area contributed by atoms with Gasteiger partial charge in [0.25, 0.3) is 11.7 Å². The number of likely N-dealkylation sites (tertiary alicyclic amines) is 1. The predicted octanol–water partition coefficient (Wildman–Crippen LogP) is 3.07. The Labute approximate surface area is 220 Å². The van der Waals surface area contributed by atoms with Crippen LogP contribution in [0.5, 0.6) is 0 Å². The molecule has 1 saturated carbocycles. The Morgan fingerprint density at radius 3 is 2.74 bits per heavy atom. The van der Waals surface area contributed by atoms with Gasteiger partial charge in [0.2, 0.25) is 11.6 Å². The van der Waals surface area contributed by atoms with Gasteiger partial charge in [0.05, 0.1) is 29.6 Å². The number of nitrogens with zero attached hydrogens (tertiary/aromatic N) is 6. The SMILES string of the molecule is N#Cc1ccnc(NC(=O)c2ccc(C3=NC(C4CCCN(C(=O)C5CC5)C4)=C4C=NC=C[N+]34N)cc2)c1. The average molecular weight is 508 g/mol. The zero-order valence-corrected chi connectivity index (χ0v) is 20.7. The Balaban J connectivity index is 1.25. The van der Waals surface area contributed by atoms with Gasteiger partial charge in [-0.05, 0) is 62.1 Å². The molecule has 38 heavy (non-hydrogen) atoms. The lowest BCUT2D eigenvalue weighted by molar-refractivity contribution is -0.750. The zero-order valence-electron chi connectivity index (χ0n) is 20.7. The van der Waals surface area contributed by atoms with E-state index in [2.05, 4.69) is 15.3 Å². The molecular weight excluding hydrogens is 480 g/mol. The van der Waals surface area contributed by atoms with Crippen LogP contribution < -0.4 is 11.2 Å². The van der Waals surface area contributed by atoms with Gasteiger partial charge in [-0.15, -0.1) is 4.59 Å². The predicted molar refractivity (Wildman–Crippen MR) is 141 cm³/mol. The Bertz CT molecular complexity index is 1480. The molecular formula is C28H27N8O2+. The quantitative estimate of drug-likeness (QED) is 0.473. The second kappa shape index (κ2) is 9.45. The minimum Gasteiger partial charge on any atom is -0.342 e. The molecule has 0 bridgehead atoms. The third kappa shape index (κ3) is 4.32. The largest absolute Gasteiger partial charge is 0.342 e. The van der Waals surface area contributed by atoms with Gasteiger partial charge in [-0.1, -0.05) is 0 Å². The van der Waals surface area contributed by atoms with Crippen LogP contribution in [-0.2, 0) is 4.79 Å². The molecule has 6 rings (SSSR count). The summed E-state index contributed by atoms with van der Waals surface area (Å²) in [6.07, 6.45) is 10.5. The maximum atomic E-state index is 12.8. The molecule has 4 aliphatic rings. The van der Waals surface area contributed by atoms with Gasteiger partial charge < -0.3 is 10.2 Å². The number of allylic oxidation sites excluding steroid dienone is 1. The summed E-state index contributed by atoms with van der Waals surface area (Å²) in [5.41, 5.74) is 3.30. The van der Waals surface area contributed by atoms with Crippen LogP contribution in [0.25, 0.3) is 0 Å². The summed E-state index contributed by atoms with van der Waals surface area (Å²) in [4.78, 5) is 41.0. The highest BCUT2D eigenvalue weighted by Crippen LogP contribution is 2.39. The Morgan fingerprint density at radius 1 is 1.16 bits per heavy atom. The maximum Gasteiger partial charge on any atom is 0.264 e. The molecule has 0 spiro atoms. The molecule has 4 heterocycles. The summed E-state index contributed by atoms with van der Waals surface area (Å²) in [6, 6.07) is 12.2. The van der Waals surface area contributed by atoms with Crippen molar-refractivity contribution < 1.29 is 14.2 Å². The standard InChI is InChI=1S/C28H26N8O2/c29-15-18-9-10-32-24(14-18)33-27(37)20-5-3-19(4-6-20)26-34-25(23-16-31-11-13-36(23,26)30)22-2-1-12-35(17-22)28(38)21-7-8-21/h3-6,9-11,13-14,16,21-22H,1-2,7-8,12,17,30H2/p+1. The fourth-order valence-corrected chi connectivity index (χ4v) is 5.22. The number of anilines is 1. The molecule has 10 heteroatoms. The number of amides is 2. The van der Waals surface area contributed by atoms with Crippen LogP contribution >= 0.6 is 0 Å². The lowest BCUT2D eigenvalue weighted by Crippen LogP contribution is -2.53. The smallest absolute Gasteiger partial charge is 0.264 e. The van der Waals surface area contributed by atoms with Crippen LogP contribution in [0.15, 0.2) is 76.4 Å². The van der Waals surface area contributed by atoms with Crippen LogP contribution in [0.3, 0.4) is 0 Å². The van der Waals surface area contributed by atoms with Crippen molar-refractivity contribution in [1.29, 1.82) is 5.26 Å². The van der Waals surface area contributed by atoms with E-state index in [1.807, 2.05) is 23.1 Å². The molecule has 2 unspecified atom stereocenters. The number of carbonyl (C=O) groups excluding carboxylic acids is 2. The van der Waals surface area contributed by atoms with E-state index in [0.717, 1.165) is 49.2 Å². The number of amidine groups is 1. The second-order valence-electron chi connectivity index (χ2n) is 10.0. The highest BCUT2D eigenvalue weighted by molar-refractivity contribution is 6.05. The molecule has 2 fully saturated rings. The van der Waals surface area contributed by atoms with E-state index < -0.39 is 0 Å². The van der Waals surface area contributed by atoms with Gasteiger partial charge in [0.1, 0.15) is 17.7 Å². The summed E-state index contributed by atoms with van der Waals surface area (Å²) >= 11 is 0. The van der Waals surface area contributed by atoms with Crippen molar-refractivity contribution in [3.63, 3.8) is 0 Å². The van der Waals surface area contributed by atoms with Crippen LogP contribution in [0.1, 0.15) is 47.2 Å². The number of aromatic nitrogens is 1. The number of pyridine rings is 1. The summed E-state index contributed by atoms with van der Waals surface area (Å²) in [5.74, 6) is 8.04. The molecule has 2 aromatic rings. The Kier molecular flexibility index (Phi) is 5.94. The lowest BCUT2D eigenvalue weighted by Gasteiger charge is -2.33. The number of fused-ring (bicyclic) bond motifs is 1. The number of hydrogen-bond acceptors (Lipinski definition) is 7. The zero-order chi connectivity index (χ0) is 26.3. The molecule has 1 aromatic heterocycles. The fraction of sp³-hybridized carbons (Fsp3) is 0.286. The van der Waals surface area contributed by atoms with E-state index in [-0.39, 0.29) is 28.2 Å². The summed E-state index contributed by atoms with van der Waals surface area (Å²) in [6.45, 7) is 1.43. The van der Waals surface area contributed by atoms with E-state index in [1.54, 1.807) is 36.8 Å². The molecule has 2 atom stereocenters. The minimum absolute atomic E-state index is 0.0830. The first-order valence-corrected chi connectivity index (χ1v) is 12.8. The van der Waals surface area contributed by atoms with Crippen molar-refractivity contribution in [2.45, 2.75) is 25.7 Å². The first-order valence-electron chi connectivity index (χ1n) is 12.8. The number of nitriles is 1. The van der Waals surface area contributed by atoms with Crippen molar-refractivity contribution in [3.05, 3.63) is 83.1 Å².